The molecule has 6 nitrogen and oxygen atoms in total. The van der Waals surface area contributed by atoms with Crippen molar-refractivity contribution in [3.8, 4) is 5.75 Å². The van der Waals surface area contributed by atoms with Gasteiger partial charge >= 0.3 is 0 Å². The van der Waals surface area contributed by atoms with Crippen LogP contribution in [0.25, 0.3) is 10.9 Å². The lowest BCUT2D eigenvalue weighted by Gasteiger charge is -2.15. The minimum absolute atomic E-state index is 0.219. The summed E-state index contributed by atoms with van der Waals surface area (Å²) < 4.78 is 5.55. The van der Waals surface area contributed by atoms with Crippen LogP contribution >= 0.6 is 0 Å². The molecule has 0 saturated heterocycles. The van der Waals surface area contributed by atoms with Gasteiger partial charge in [-0.15, -0.1) is 0 Å². The maximum absolute atomic E-state index is 12.2. The number of hydrogen-bond donors (Lipinski definition) is 2. The van der Waals surface area contributed by atoms with Gasteiger partial charge in [0, 0.05) is 5.39 Å². The van der Waals surface area contributed by atoms with E-state index in [0.717, 1.165) is 10.9 Å². The molecule has 0 aliphatic heterocycles. The summed E-state index contributed by atoms with van der Waals surface area (Å²) in [6, 6.07) is 18.3. The molecule has 0 aliphatic carbocycles. The van der Waals surface area contributed by atoms with Crippen molar-refractivity contribution in [2.45, 2.75) is 20.0 Å². The number of para-hydroxylation sites is 1. The number of rotatable bonds is 4. The fourth-order valence-corrected chi connectivity index (χ4v) is 2.35. The molecule has 0 aliphatic rings. The number of amides is 2. The summed E-state index contributed by atoms with van der Waals surface area (Å²) >= 11 is 0. The Morgan fingerprint density at radius 3 is 2.46 bits per heavy atom. The lowest BCUT2D eigenvalue weighted by Crippen LogP contribution is -2.47. The lowest BCUT2D eigenvalue weighted by molar-refractivity contribution is -0.128. The Morgan fingerprint density at radius 1 is 0.962 bits per heavy atom. The molecule has 132 valence electrons. The van der Waals surface area contributed by atoms with Crippen molar-refractivity contribution < 1.29 is 14.3 Å². The molecule has 0 radical (unpaired) electrons. The average molecular weight is 349 g/mol. The van der Waals surface area contributed by atoms with Gasteiger partial charge in [0.1, 0.15) is 11.4 Å². The molecule has 0 fully saturated rings. The predicted molar refractivity (Wildman–Crippen MR) is 98.6 cm³/mol. The quantitative estimate of drug-likeness (QED) is 0.710. The molecule has 6 heteroatoms. The van der Waals surface area contributed by atoms with Crippen LogP contribution in [-0.4, -0.2) is 22.9 Å². The molecule has 0 spiro atoms. The number of nitrogens with zero attached hydrogens (tertiary/aromatic N) is 1. The van der Waals surface area contributed by atoms with Crippen LogP contribution in [0, 0.1) is 6.92 Å². The summed E-state index contributed by atoms with van der Waals surface area (Å²) in [6.45, 7) is 3.58. The van der Waals surface area contributed by atoms with Crippen molar-refractivity contribution in [1.29, 1.82) is 0 Å². The van der Waals surface area contributed by atoms with Crippen LogP contribution in [0.5, 0.6) is 5.75 Å². The van der Waals surface area contributed by atoms with Crippen molar-refractivity contribution >= 4 is 22.7 Å². The van der Waals surface area contributed by atoms with Gasteiger partial charge in [-0.3, -0.25) is 20.4 Å². The Bertz CT molecular complexity index is 938. The van der Waals surface area contributed by atoms with E-state index in [-0.39, 0.29) is 5.69 Å². The van der Waals surface area contributed by atoms with Crippen LogP contribution in [0.4, 0.5) is 0 Å². The molecule has 0 saturated carbocycles. The van der Waals surface area contributed by atoms with Gasteiger partial charge in [0.05, 0.1) is 5.52 Å². The van der Waals surface area contributed by atoms with E-state index in [2.05, 4.69) is 15.8 Å². The zero-order valence-corrected chi connectivity index (χ0v) is 14.5. The topological polar surface area (TPSA) is 80.3 Å². The molecular formula is C20H19N3O3. The molecule has 1 unspecified atom stereocenters. The molecule has 2 amide bonds. The normalized spacial score (nSPS) is 11.6. The van der Waals surface area contributed by atoms with Gasteiger partial charge in [-0.1, -0.05) is 42.0 Å². The van der Waals surface area contributed by atoms with Crippen molar-refractivity contribution in [1.82, 2.24) is 15.8 Å². The summed E-state index contributed by atoms with van der Waals surface area (Å²) in [5.41, 5.74) is 6.75. The van der Waals surface area contributed by atoms with Gasteiger partial charge in [0.25, 0.3) is 11.8 Å². The third kappa shape index (κ3) is 4.16. The first kappa shape index (κ1) is 17.4. The Kier molecular flexibility index (Phi) is 5.12. The maximum Gasteiger partial charge on any atom is 0.288 e. The largest absolute Gasteiger partial charge is 0.481 e. The molecule has 3 aromatic rings. The van der Waals surface area contributed by atoms with E-state index < -0.39 is 17.9 Å². The fourth-order valence-electron chi connectivity index (χ4n) is 2.35. The monoisotopic (exact) mass is 349 g/mol. The number of pyridine rings is 1. The summed E-state index contributed by atoms with van der Waals surface area (Å²) in [5, 5.41) is 0.938. The van der Waals surface area contributed by atoms with E-state index in [1.807, 2.05) is 49.4 Å². The highest BCUT2D eigenvalue weighted by molar-refractivity contribution is 5.96. The van der Waals surface area contributed by atoms with E-state index in [1.165, 1.54) is 0 Å². The molecule has 0 bridgehead atoms. The van der Waals surface area contributed by atoms with Crippen molar-refractivity contribution in [2.75, 3.05) is 0 Å². The number of carbonyl (C=O) groups is 2. The van der Waals surface area contributed by atoms with Crippen LogP contribution in [-0.2, 0) is 4.79 Å². The number of fused-ring (bicyclic) bond motifs is 1. The van der Waals surface area contributed by atoms with Gasteiger partial charge in [-0.25, -0.2) is 4.98 Å². The zero-order chi connectivity index (χ0) is 18.5. The molecule has 1 atom stereocenters. The van der Waals surface area contributed by atoms with Crippen molar-refractivity contribution in [2.24, 2.45) is 0 Å². The number of hydrogen-bond acceptors (Lipinski definition) is 4. The minimum atomic E-state index is -0.762. The number of aryl methyl sites for hydroxylation is 1. The Balaban J connectivity index is 1.57. The third-order valence-electron chi connectivity index (χ3n) is 3.83. The SMILES string of the molecule is Cc1ccc(OC(C)C(=O)NNC(=O)c2ccc3ccccc3n2)cc1. The van der Waals surface area contributed by atoms with E-state index in [4.69, 9.17) is 4.74 Å². The molecule has 2 aromatic carbocycles. The molecular weight excluding hydrogens is 330 g/mol. The van der Waals surface area contributed by atoms with Crippen LogP contribution in [0.3, 0.4) is 0 Å². The van der Waals surface area contributed by atoms with Gasteiger partial charge in [0.15, 0.2) is 6.10 Å². The average Bonchev–Trinajstić information content (AvgIpc) is 2.67. The second-order valence-corrected chi connectivity index (χ2v) is 5.91. The lowest BCUT2D eigenvalue weighted by atomic mass is 10.2. The summed E-state index contributed by atoms with van der Waals surface area (Å²) in [4.78, 5) is 28.6. The number of carbonyl (C=O) groups excluding carboxylic acids is 2. The van der Waals surface area contributed by atoms with E-state index in [1.54, 1.807) is 25.1 Å². The highest BCUT2D eigenvalue weighted by atomic mass is 16.5. The number of benzene rings is 2. The Hall–Kier alpha value is -3.41. The van der Waals surface area contributed by atoms with E-state index in [0.29, 0.717) is 11.3 Å². The van der Waals surface area contributed by atoms with E-state index >= 15 is 0 Å². The van der Waals surface area contributed by atoms with Crippen LogP contribution in [0.2, 0.25) is 0 Å². The van der Waals surface area contributed by atoms with Crippen LogP contribution in [0.1, 0.15) is 23.0 Å². The van der Waals surface area contributed by atoms with Crippen molar-refractivity contribution in [3.05, 3.63) is 71.9 Å². The highest BCUT2D eigenvalue weighted by Crippen LogP contribution is 2.13. The minimum Gasteiger partial charge on any atom is -0.481 e. The molecule has 2 N–H and O–H groups in total. The fraction of sp³-hybridized carbons (Fsp3) is 0.150. The van der Waals surface area contributed by atoms with Gasteiger partial charge < -0.3 is 4.74 Å². The van der Waals surface area contributed by atoms with Crippen LogP contribution < -0.4 is 15.6 Å². The highest BCUT2D eigenvalue weighted by Gasteiger charge is 2.16. The molecule has 1 aromatic heterocycles. The number of aromatic nitrogens is 1. The number of hydrazine groups is 1. The molecule has 3 rings (SSSR count). The zero-order valence-electron chi connectivity index (χ0n) is 14.5. The summed E-state index contributed by atoms with van der Waals surface area (Å²) in [5.74, 6) is -0.368. The first-order valence-corrected chi connectivity index (χ1v) is 8.22. The van der Waals surface area contributed by atoms with Gasteiger partial charge in [0.2, 0.25) is 0 Å². The van der Waals surface area contributed by atoms with Gasteiger partial charge in [-0.2, -0.15) is 0 Å². The summed E-state index contributed by atoms with van der Waals surface area (Å²) in [7, 11) is 0. The summed E-state index contributed by atoms with van der Waals surface area (Å²) in [6.07, 6.45) is -0.762. The second kappa shape index (κ2) is 7.65. The first-order valence-electron chi connectivity index (χ1n) is 8.22. The van der Waals surface area contributed by atoms with E-state index in [9.17, 15) is 9.59 Å². The predicted octanol–water partition coefficient (Wildman–Crippen LogP) is 2.77. The number of ether oxygens (including phenoxy) is 1. The van der Waals surface area contributed by atoms with Gasteiger partial charge in [-0.05, 0) is 38.1 Å². The number of nitrogens with one attached hydrogen (secondary N) is 2. The maximum atomic E-state index is 12.2. The standard InChI is InChI=1S/C20H19N3O3/c1-13-7-10-16(11-8-13)26-14(2)19(24)22-23-20(25)18-12-9-15-5-3-4-6-17(15)21-18/h3-12,14H,1-2H3,(H,22,24)(H,23,25). The molecule has 26 heavy (non-hydrogen) atoms. The molecule has 1 heterocycles. The third-order valence-corrected chi connectivity index (χ3v) is 3.83. The Morgan fingerprint density at radius 2 is 1.69 bits per heavy atom. The smallest absolute Gasteiger partial charge is 0.288 e. The first-order chi connectivity index (χ1) is 12.5. The van der Waals surface area contributed by atoms with Crippen molar-refractivity contribution in [3.63, 3.8) is 0 Å². The second-order valence-electron chi connectivity index (χ2n) is 5.91. The van der Waals surface area contributed by atoms with Crippen LogP contribution in [0.15, 0.2) is 60.7 Å². The Labute approximate surface area is 151 Å².